The Balaban J connectivity index is 1.41. The van der Waals surface area contributed by atoms with Gasteiger partial charge in [-0.2, -0.15) is 9.78 Å². The average Bonchev–Trinajstić information content (AvgIpc) is 2.97. The number of ether oxygens (including phenoxy) is 1. The van der Waals surface area contributed by atoms with E-state index in [9.17, 15) is 19.7 Å². The predicted molar refractivity (Wildman–Crippen MR) is 153 cm³/mol. The van der Waals surface area contributed by atoms with Crippen LogP contribution in [0.3, 0.4) is 0 Å². The van der Waals surface area contributed by atoms with Crippen LogP contribution in [-0.4, -0.2) is 33.3 Å². The number of nitro groups is 1. The number of fused-ring (bicyclic) bond motifs is 1. The van der Waals surface area contributed by atoms with E-state index >= 15 is 0 Å². The lowest BCUT2D eigenvalue weighted by atomic mass is 10.2. The number of benzene rings is 4. The van der Waals surface area contributed by atoms with Crippen molar-refractivity contribution in [3.05, 3.63) is 129 Å². The maximum atomic E-state index is 13.3. The highest BCUT2D eigenvalue weighted by Crippen LogP contribution is 2.28. The maximum absolute atomic E-state index is 13.3. The highest BCUT2D eigenvalue weighted by molar-refractivity contribution is 5.92. The van der Waals surface area contributed by atoms with Gasteiger partial charge in [0, 0.05) is 22.9 Å². The van der Waals surface area contributed by atoms with Crippen molar-refractivity contribution in [2.75, 3.05) is 11.9 Å². The Morgan fingerprint density at radius 3 is 2.50 bits per heavy atom. The highest BCUT2D eigenvalue weighted by Gasteiger charge is 2.18. The van der Waals surface area contributed by atoms with E-state index in [1.54, 1.807) is 42.5 Å². The van der Waals surface area contributed by atoms with Crippen LogP contribution in [0.1, 0.15) is 11.1 Å². The van der Waals surface area contributed by atoms with Gasteiger partial charge in [0.2, 0.25) is 0 Å². The topological polar surface area (TPSA) is 129 Å². The molecule has 4 aromatic carbocycles. The Labute approximate surface area is 228 Å². The molecular weight excluding hydrogens is 510 g/mol. The van der Waals surface area contributed by atoms with Crippen molar-refractivity contribution < 1.29 is 14.5 Å². The minimum absolute atomic E-state index is 0.0734. The van der Waals surface area contributed by atoms with Gasteiger partial charge in [-0.1, -0.05) is 60.2 Å². The largest absolute Gasteiger partial charge is 0.477 e. The number of rotatable bonds is 8. The first-order chi connectivity index (χ1) is 19.4. The molecule has 10 heteroatoms. The van der Waals surface area contributed by atoms with Gasteiger partial charge in [0.05, 0.1) is 22.0 Å². The van der Waals surface area contributed by atoms with Crippen LogP contribution in [0.5, 0.6) is 5.75 Å². The number of nitro benzene ring substituents is 1. The number of aromatic nitrogens is 2. The number of anilines is 1. The average molecular weight is 534 g/mol. The number of para-hydroxylation sites is 1. The van der Waals surface area contributed by atoms with Crippen LogP contribution in [-0.2, 0) is 4.79 Å². The highest BCUT2D eigenvalue weighted by atomic mass is 16.6. The summed E-state index contributed by atoms with van der Waals surface area (Å²) >= 11 is 0. The second-order valence-corrected chi connectivity index (χ2v) is 8.87. The fourth-order valence-electron chi connectivity index (χ4n) is 3.99. The lowest BCUT2D eigenvalue weighted by Crippen LogP contribution is -2.20. The molecule has 5 aromatic rings. The minimum Gasteiger partial charge on any atom is -0.477 e. The summed E-state index contributed by atoms with van der Waals surface area (Å²) in [6.07, 6.45) is 1.34. The number of aryl methyl sites for hydroxylation is 1. The molecule has 1 N–H and O–H groups in total. The van der Waals surface area contributed by atoms with Gasteiger partial charge in [-0.3, -0.25) is 19.7 Å². The van der Waals surface area contributed by atoms with Gasteiger partial charge in [0.25, 0.3) is 11.5 Å². The van der Waals surface area contributed by atoms with Crippen LogP contribution >= 0.6 is 0 Å². The molecule has 0 saturated heterocycles. The van der Waals surface area contributed by atoms with E-state index in [1.165, 1.54) is 23.0 Å². The second-order valence-electron chi connectivity index (χ2n) is 8.87. The number of carbonyl (C=O) groups excluding carboxylic acids is 1. The Morgan fingerprint density at radius 2 is 1.75 bits per heavy atom. The van der Waals surface area contributed by atoms with E-state index in [1.807, 2.05) is 49.4 Å². The fourth-order valence-corrected chi connectivity index (χ4v) is 3.99. The van der Waals surface area contributed by atoms with Crippen LogP contribution in [0.4, 0.5) is 11.4 Å². The summed E-state index contributed by atoms with van der Waals surface area (Å²) in [4.78, 5) is 41.4. The smallest absolute Gasteiger partial charge is 0.311 e. The Kier molecular flexibility index (Phi) is 7.41. The predicted octanol–water partition coefficient (Wildman–Crippen LogP) is 5.18. The molecule has 0 aliphatic rings. The van der Waals surface area contributed by atoms with E-state index in [0.717, 1.165) is 5.56 Å². The molecule has 0 saturated carbocycles. The zero-order valence-electron chi connectivity index (χ0n) is 21.4. The number of nitrogens with one attached hydrogen (secondary N) is 1. The summed E-state index contributed by atoms with van der Waals surface area (Å²) in [6, 6.07) is 27.5. The summed E-state index contributed by atoms with van der Waals surface area (Å²) in [5, 5.41) is 19.2. The van der Waals surface area contributed by atoms with E-state index in [0.29, 0.717) is 33.5 Å². The van der Waals surface area contributed by atoms with Crippen LogP contribution in [0.25, 0.3) is 22.3 Å². The molecule has 0 radical (unpaired) electrons. The van der Waals surface area contributed by atoms with Crippen LogP contribution in [0, 0.1) is 17.0 Å². The molecule has 1 amide bonds. The van der Waals surface area contributed by atoms with E-state index in [4.69, 9.17) is 4.74 Å². The normalized spacial score (nSPS) is 11.0. The molecule has 1 heterocycles. The molecule has 0 aliphatic carbocycles. The van der Waals surface area contributed by atoms with Crippen LogP contribution in [0.15, 0.2) is 107 Å². The van der Waals surface area contributed by atoms with Gasteiger partial charge < -0.3 is 10.1 Å². The first-order valence-electron chi connectivity index (χ1n) is 12.3. The van der Waals surface area contributed by atoms with Gasteiger partial charge in [0.1, 0.15) is 0 Å². The molecule has 0 aliphatic heterocycles. The maximum Gasteiger partial charge on any atom is 0.311 e. The van der Waals surface area contributed by atoms with Crippen LogP contribution < -0.4 is 15.6 Å². The van der Waals surface area contributed by atoms with Crippen molar-refractivity contribution in [1.82, 2.24) is 9.66 Å². The zero-order chi connectivity index (χ0) is 28.1. The van der Waals surface area contributed by atoms with Crippen molar-refractivity contribution in [3.63, 3.8) is 0 Å². The van der Waals surface area contributed by atoms with Crippen molar-refractivity contribution in [2.45, 2.75) is 6.92 Å². The Hall–Kier alpha value is -5.64. The van der Waals surface area contributed by atoms with Crippen molar-refractivity contribution in [2.24, 2.45) is 5.10 Å². The molecule has 0 fully saturated rings. The first-order valence-corrected chi connectivity index (χ1v) is 12.3. The second kappa shape index (κ2) is 11.4. The SMILES string of the molecule is Cc1ccc(NC(=O)COc2ccc(C=Nn3c(-c4ccccc4)nc4ccccc4c3=O)cc2[N+](=O)[O-])cc1. The summed E-state index contributed by atoms with van der Waals surface area (Å²) < 4.78 is 6.62. The molecule has 1 aromatic heterocycles. The molecule has 0 bridgehead atoms. The van der Waals surface area contributed by atoms with Gasteiger partial charge in [-0.15, -0.1) is 0 Å². The van der Waals surface area contributed by atoms with Gasteiger partial charge in [-0.25, -0.2) is 4.98 Å². The Morgan fingerprint density at radius 1 is 1.02 bits per heavy atom. The molecule has 5 rings (SSSR count). The van der Waals surface area contributed by atoms with Gasteiger partial charge in [0.15, 0.2) is 18.2 Å². The molecule has 10 nitrogen and oxygen atoms in total. The third kappa shape index (κ3) is 5.76. The standard InChI is InChI=1S/C30H23N5O5/c1-20-11-14-23(15-12-20)32-28(36)19-40-27-16-13-21(17-26(27)35(38)39)18-31-34-29(22-7-3-2-4-8-22)33-25-10-6-5-9-24(25)30(34)37/h2-18H,19H2,1H3,(H,32,36). The Bertz CT molecular complexity index is 1800. The van der Waals surface area contributed by atoms with Crippen molar-refractivity contribution in [3.8, 4) is 17.1 Å². The number of hydrogen-bond acceptors (Lipinski definition) is 7. The number of hydrogen-bond donors (Lipinski definition) is 1. The molecular formula is C30H23N5O5. The van der Waals surface area contributed by atoms with Gasteiger partial charge in [-0.05, 0) is 43.3 Å². The minimum atomic E-state index is -0.607. The summed E-state index contributed by atoms with van der Waals surface area (Å²) in [5.41, 5.74) is 2.47. The third-order valence-electron chi connectivity index (χ3n) is 5.98. The summed E-state index contributed by atoms with van der Waals surface area (Å²) in [5.74, 6) is -0.203. The lowest BCUT2D eigenvalue weighted by Gasteiger charge is -2.10. The molecule has 40 heavy (non-hydrogen) atoms. The molecule has 0 unspecified atom stereocenters. The van der Waals surface area contributed by atoms with E-state index in [2.05, 4.69) is 15.4 Å². The summed E-state index contributed by atoms with van der Waals surface area (Å²) in [6.45, 7) is 1.52. The summed E-state index contributed by atoms with van der Waals surface area (Å²) in [7, 11) is 0. The van der Waals surface area contributed by atoms with E-state index in [-0.39, 0.29) is 17.0 Å². The fraction of sp³-hybridized carbons (Fsp3) is 0.0667. The number of amides is 1. The molecule has 198 valence electrons. The monoisotopic (exact) mass is 533 g/mol. The quantitative estimate of drug-likeness (QED) is 0.166. The third-order valence-corrected chi connectivity index (χ3v) is 5.98. The number of nitrogens with zero attached hydrogens (tertiary/aromatic N) is 4. The van der Waals surface area contributed by atoms with E-state index < -0.39 is 17.4 Å². The van der Waals surface area contributed by atoms with Crippen LogP contribution in [0.2, 0.25) is 0 Å². The lowest BCUT2D eigenvalue weighted by molar-refractivity contribution is -0.385. The zero-order valence-corrected chi connectivity index (χ0v) is 21.4. The molecule has 0 spiro atoms. The van der Waals surface area contributed by atoms with Crippen molar-refractivity contribution in [1.29, 1.82) is 0 Å². The first kappa shape index (κ1) is 26.0. The number of carbonyl (C=O) groups is 1. The van der Waals surface area contributed by atoms with Gasteiger partial charge >= 0.3 is 5.69 Å². The molecule has 0 atom stereocenters. The van der Waals surface area contributed by atoms with Crippen molar-refractivity contribution >= 4 is 34.4 Å².